The minimum atomic E-state index is -1.09. The molecular weight excluding hydrogens is 342 g/mol. The van der Waals surface area contributed by atoms with Crippen molar-refractivity contribution in [3.8, 4) is 0 Å². The molecule has 0 aromatic heterocycles. The number of anilines is 1. The van der Waals surface area contributed by atoms with Crippen LogP contribution in [-0.4, -0.2) is 5.91 Å². The van der Waals surface area contributed by atoms with E-state index < -0.39 is 23.6 Å². The standard InChI is InChI=1S/C15H11BrF2N2O/c16-9-3-1-2-8(4-9)7-20-12-6-10(17)5-11(18)13(12)14(19)15(20)21/h1-6,14H,7,19H2. The lowest BCUT2D eigenvalue weighted by atomic mass is 10.1. The highest BCUT2D eigenvalue weighted by atomic mass is 79.9. The van der Waals surface area contributed by atoms with Gasteiger partial charge in [-0.3, -0.25) is 4.79 Å². The van der Waals surface area contributed by atoms with Crippen molar-refractivity contribution in [3.63, 3.8) is 0 Å². The summed E-state index contributed by atoms with van der Waals surface area (Å²) in [6.07, 6.45) is 0. The van der Waals surface area contributed by atoms with E-state index in [0.717, 1.165) is 22.2 Å². The van der Waals surface area contributed by atoms with Crippen LogP contribution in [0.25, 0.3) is 0 Å². The van der Waals surface area contributed by atoms with Gasteiger partial charge in [0.05, 0.1) is 12.2 Å². The van der Waals surface area contributed by atoms with Crippen LogP contribution in [0.4, 0.5) is 14.5 Å². The van der Waals surface area contributed by atoms with Crippen molar-refractivity contribution < 1.29 is 13.6 Å². The average molecular weight is 353 g/mol. The highest BCUT2D eigenvalue weighted by molar-refractivity contribution is 9.10. The molecule has 0 saturated heterocycles. The van der Waals surface area contributed by atoms with Gasteiger partial charge in [0, 0.05) is 16.1 Å². The number of carbonyl (C=O) groups is 1. The molecule has 0 saturated carbocycles. The molecule has 6 heteroatoms. The van der Waals surface area contributed by atoms with Crippen LogP contribution in [0, 0.1) is 11.6 Å². The number of benzene rings is 2. The lowest BCUT2D eigenvalue weighted by molar-refractivity contribution is -0.119. The molecule has 0 fully saturated rings. The van der Waals surface area contributed by atoms with E-state index in [-0.39, 0.29) is 17.8 Å². The Bertz CT molecular complexity index is 736. The van der Waals surface area contributed by atoms with Crippen LogP contribution in [0.15, 0.2) is 40.9 Å². The molecule has 0 radical (unpaired) electrons. The van der Waals surface area contributed by atoms with Gasteiger partial charge < -0.3 is 10.6 Å². The maximum atomic E-state index is 13.8. The van der Waals surface area contributed by atoms with Crippen molar-refractivity contribution in [2.75, 3.05) is 4.90 Å². The zero-order valence-electron chi connectivity index (χ0n) is 10.8. The van der Waals surface area contributed by atoms with Gasteiger partial charge >= 0.3 is 0 Å². The first-order valence-electron chi connectivity index (χ1n) is 6.27. The van der Waals surface area contributed by atoms with E-state index in [0.29, 0.717) is 0 Å². The van der Waals surface area contributed by atoms with Gasteiger partial charge in [-0.25, -0.2) is 8.78 Å². The van der Waals surface area contributed by atoms with Crippen LogP contribution in [0.2, 0.25) is 0 Å². The van der Waals surface area contributed by atoms with Crippen LogP contribution in [0.3, 0.4) is 0 Å². The highest BCUT2D eigenvalue weighted by Gasteiger charge is 2.37. The summed E-state index contributed by atoms with van der Waals surface area (Å²) in [4.78, 5) is 13.5. The number of fused-ring (bicyclic) bond motifs is 1. The predicted octanol–water partition coefficient (Wildman–Crippen LogP) is 3.27. The molecule has 0 bridgehead atoms. The Hall–Kier alpha value is -1.79. The number of rotatable bonds is 2. The molecule has 2 aromatic carbocycles. The number of nitrogens with zero attached hydrogens (tertiary/aromatic N) is 1. The zero-order valence-corrected chi connectivity index (χ0v) is 12.4. The van der Waals surface area contributed by atoms with E-state index in [4.69, 9.17) is 5.73 Å². The van der Waals surface area contributed by atoms with Crippen molar-refractivity contribution in [3.05, 3.63) is 63.6 Å². The van der Waals surface area contributed by atoms with Crippen LogP contribution in [0.1, 0.15) is 17.2 Å². The normalized spacial score (nSPS) is 17.2. The lowest BCUT2D eigenvalue weighted by Crippen LogP contribution is -2.31. The summed E-state index contributed by atoms with van der Waals surface area (Å²) >= 11 is 3.35. The van der Waals surface area contributed by atoms with Gasteiger partial charge in [0.25, 0.3) is 0 Å². The van der Waals surface area contributed by atoms with Gasteiger partial charge in [-0.05, 0) is 23.8 Å². The predicted molar refractivity (Wildman–Crippen MR) is 78.6 cm³/mol. The SMILES string of the molecule is NC1C(=O)N(Cc2cccc(Br)c2)c2cc(F)cc(F)c21. The van der Waals surface area contributed by atoms with Crippen molar-refractivity contribution >= 4 is 27.5 Å². The van der Waals surface area contributed by atoms with Gasteiger partial charge in [-0.2, -0.15) is 0 Å². The summed E-state index contributed by atoms with van der Waals surface area (Å²) in [6.45, 7) is 0.210. The Kier molecular flexibility index (Phi) is 3.51. The van der Waals surface area contributed by atoms with Crippen LogP contribution < -0.4 is 10.6 Å². The first kappa shape index (κ1) is 14.2. The van der Waals surface area contributed by atoms with E-state index in [2.05, 4.69) is 15.9 Å². The molecular formula is C15H11BrF2N2O. The van der Waals surface area contributed by atoms with Crippen molar-refractivity contribution in [1.29, 1.82) is 0 Å². The van der Waals surface area contributed by atoms with Crippen molar-refractivity contribution in [2.45, 2.75) is 12.6 Å². The Labute approximate surface area is 128 Å². The first-order chi connectivity index (χ1) is 9.97. The minimum Gasteiger partial charge on any atom is -0.316 e. The molecule has 3 nitrogen and oxygen atoms in total. The van der Waals surface area contributed by atoms with Gasteiger partial charge in [0.2, 0.25) is 5.91 Å². The summed E-state index contributed by atoms with van der Waals surface area (Å²) in [5, 5.41) is 0. The third-order valence-corrected chi connectivity index (χ3v) is 3.93. The fraction of sp³-hybridized carbons (Fsp3) is 0.133. The average Bonchev–Trinajstić information content (AvgIpc) is 2.64. The molecule has 1 aliphatic heterocycles. The molecule has 1 aliphatic rings. The Morgan fingerprint density at radius 2 is 2.00 bits per heavy atom. The largest absolute Gasteiger partial charge is 0.316 e. The third kappa shape index (κ3) is 2.45. The van der Waals surface area contributed by atoms with Crippen molar-refractivity contribution in [1.82, 2.24) is 0 Å². The second-order valence-corrected chi connectivity index (χ2v) is 5.77. The number of hydrogen-bond acceptors (Lipinski definition) is 2. The quantitative estimate of drug-likeness (QED) is 0.901. The van der Waals surface area contributed by atoms with Crippen LogP contribution >= 0.6 is 15.9 Å². The Morgan fingerprint density at radius 3 is 2.71 bits per heavy atom. The molecule has 108 valence electrons. The van der Waals surface area contributed by atoms with Gasteiger partial charge in [-0.15, -0.1) is 0 Å². The molecule has 2 N–H and O–H groups in total. The van der Waals surface area contributed by atoms with Crippen molar-refractivity contribution in [2.24, 2.45) is 5.73 Å². The molecule has 3 rings (SSSR count). The number of hydrogen-bond donors (Lipinski definition) is 1. The monoisotopic (exact) mass is 352 g/mol. The molecule has 2 aromatic rings. The minimum absolute atomic E-state index is 0.0522. The number of nitrogens with two attached hydrogens (primary N) is 1. The van der Waals surface area contributed by atoms with Gasteiger partial charge in [-0.1, -0.05) is 28.1 Å². The van der Waals surface area contributed by atoms with E-state index in [1.807, 2.05) is 24.3 Å². The number of halogens is 3. The van der Waals surface area contributed by atoms with E-state index in [1.165, 1.54) is 4.90 Å². The number of carbonyl (C=O) groups excluding carboxylic acids is 1. The number of amides is 1. The second-order valence-electron chi connectivity index (χ2n) is 4.85. The van der Waals surface area contributed by atoms with E-state index in [1.54, 1.807) is 0 Å². The molecule has 0 aliphatic carbocycles. The fourth-order valence-corrected chi connectivity index (χ4v) is 2.94. The summed E-state index contributed by atoms with van der Waals surface area (Å²) in [7, 11) is 0. The second kappa shape index (κ2) is 5.20. The highest BCUT2D eigenvalue weighted by Crippen LogP contribution is 2.38. The van der Waals surface area contributed by atoms with Gasteiger partial charge in [0.1, 0.15) is 17.7 Å². The van der Waals surface area contributed by atoms with Gasteiger partial charge in [0.15, 0.2) is 0 Å². The Morgan fingerprint density at radius 1 is 1.24 bits per heavy atom. The van der Waals surface area contributed by atoms with Crippen LogP contribution in [0.5, 0.6) is 0 Å². The van der Waals surface area contributed by atoms with Crippen LogP contribution in [-0.2, 0) is 11.3 Å². The molecule has 1 atom stereocenters. The summed E-state index contributed by atoms with van der Waals surface area (Å²) < 4.78 is 28.1. The first-order valence-corrected chi connectivity index (χ1v) is 7.07. The third-order valence-electron chi connectivity index (χ3n) is 3.44. The topological polar surface area (TPSA) is 46.3 Å². The lowest BCUT2D eigenvalue weighted by Gasteiger charge is -2.18. The molecule has 1 unspecified atom stereocenters. The molecule has 21 heavy (non-hydrogen) atoms. The Balaban J connectivity index is 2.03. The summed E-state index contributed by atoms with van der Waals surface area (Å²) in [5.41, 5.74) is 6.84. The van der Waals surface area contributed by atoms with E-state index >= 15 is 0 Å². The van der Waals surface area contributed by atoms with E-state index in [9.17, 15) is 13.6 Å². The molecule has 1 amide bonds. The molecule has 0 spiro atoms. The smallest absolute Gasteiger partial charge is 0.249 e. The summed E-state index contributed by atoms with van der Waals surface area (Å²) in [5.74, 6) is -1.95. The molecule has 1 heterocycles. The fourth-order valence-electron chi connectivity index (χ4n) is 2.49. The maximum absolute atomic E-state index is 13.8. The summed E-state index contributed by atoms with van der Waals surface area (Å²) in [6, 6.07) is 8.15. The zero-order chi connectivity index (χ0) is 15.1. The maximum Gasteiger partial charge on any atom is 0.249 e.